The fourth-order valence-corrected chi connectivity index (χ4v) is 2.90. The lowest BCUT2D eigenvalue weighted by molar-refractivity contribution is 0.0608. The van der Waals surface area contributed by atoms with E-state index in [2.05, 4.69) is 0 Å². The molecule has 1 fully saturated rings. The molecular weight excluding hydrogens is 253 g/mol. The van der Waals surface area contributed by atoms with Crippen molar-refractivity contribution in [3.8, 4) is 0 Å². The van der Waals surface area contributed by atoms with E-state index in [9.17, 15) is 9.50 Å². The van der Waals surface area contributed by atoms with Crippen LogP contribution < -0.4 is 5.73 Å². The summed E-state index contributed by atoms with van der Waals surface area (Å²) in [6.45, 7) is 0. The Hall–Kier alpha value is -0.640. The molecule has 1 aliphatic carbocycles. The van der Waals surface area contributed by atoms with Gasteiger partial charge in [-0.15, -0.1) is 0 Å². The summed E-state index contributed by atoms with van der Waals surface area (Å²) in [4.78, 5) is 0. The zero-order valence-corrected chi connectivity index (χ0v) is 11.0. The maximum Gasteiger partial charge on any atom is 0.128 e. The summed E-state index contributed by atoms with van der Waals surface area (Å²) >= 11 is 5.85. The zero-order chi connectivity index (χ0) is 13.1. The minimum Gasteiger partial charge on any atom is -0.391 e. The third kappa shape index (κ3) is 3.02. The van der Waals surface area contributed by atoms with Crippen LogP contribution in [0.15, 0.2) is 18.2 Å². The third-order valence-electron chi connectivity index (χ3n) is 3.82. The van der Waals surface area contributed by atoms with Gasteiger partial charge in [-0.05, 0) is 37.0 Å². The van der Waals surface area contributed by atoms with Crippen molar-refractivity contribution in [3.63, 3.8) is 0 Å². The molecule has 0 spiro atoms. The van der Waals surface area contributed by atoms with Gasteiger partial charge in [-0.25, -0.2) is 4.39 Å². The quantitative estimate of drug-likeness (QED) is 0.885. The smallest absolute Gasteiger partial charge is 0.128 e. The van der Waals surface area contributed by atoms with E-state index >= 15 is 0 Å². The predicted molar refractivity (Wildman–Crippen MR) is 70.9 cm³/mol. The number of benzene rings is 1. The van der Waals surface area contributed by atoms with Crippen molar-refractivity contribution in [2.75, 3.05) is 0 Å². The van der Waals surface area contributed by atoms with E-state index in [0.717, 1.165) is 25.7 Å². The van der Waals surface area contributed by atoms with Gasteiger partial charge >= 0.3 is 0 Å². The summed E-state index contributed by atoms with van der Waals surface area (Å²) in [6.07, 6.45) is 4.69. The van der Waals surface area contributed by atoms with E-state index in [1.54, 1.807) is 0 Å². The van der Waals surface area contributed by atoms with Gasteiger partial charge in [-0.3, -0.25) is 0 Å². The highest BCUT2D eigenvalue weighted by Crippen LogP contribution is 2.32. The second kappa shape index (κ2) is 6.00. The second-order valence-corrected chi connectivity index (χ2v) is 5.52. The van der Waals surface area contributed by atoms with E-state index in [0.29, 0.717) is 10.6 Å². The van der Waals surface area contributed by atoms with E-state index in [4.69, 9.17) is 17.3 Å². The number of nitrogens with two attached hydrogens (primary N) is 1. The van der Waals surface area contributed by atoms with Gasteiger partial charge in [0.05, 0.1) is 12.1 Å². The molecule has 0 unspecified atom stereocenters. The SMILES string of the molecule is N[C@H](c1cc(Cl)ccc1F)[C@@H](O)C1CCCCC1. The van der Waals surface area contributed by atoms with Crippen LogP contribution in [-0.2, 0) is 0 Å². The van der Waals surface area contributed by atoms with Crippen LogP contribution in [0.5, 0.6) is 0 Å². The molecule has 0 bridgehead atoms. The van der Waals surface area contributed by atoms with Crippen LogP contribution >= 0.6 is 11.6 Å². The van der Waals surface area contributed by atoms with Crippen molar-refractivity contribution < 1.29 is 9.50 Å². The molecule has 1 aromatic carbocycles. The summed E-state index contributed by atoms with van der Waals surface area (Å²) in [7, 11) is 0. The number of rotatable bonds is 3. The van der Waals surface area contributed by atoms with Gasteiger partial charge in [0, 0.05) is 10.6 Å². The largest absolute Gasteiger partial charge is 0.391 e. The summed E-state index contributed by atoms with van der Waals surface area (Å²) in [6, 6.07) is 3.59. The van der Waals surface area contributed by atoms with Crippen LogP contribution in [0.4, 0.5) is 4.39 Å². The van der Waals surface area contributed by atoms with Gasteiger partial charge in [0.15, 0.2) is 0 Å². The number of hydrogen-bond acceptors (Lipinski definition) is 2. The minimum atomic E-state index is -0.702. The number of hydrogen-bond donors (Lipinski definition) is 2. The Kier molecular flexibility index (Phi) is 4.60. The average Bonchev–Trinajstić information content (AvgIpc) is 2.41. The first-order valence-electron chi connectivity index (χ1n) is 6.48. The van der Waals surface area contributed by atoms with Gasteiger partial charge in [0.25, 0.3) is 0 Å². The molecule has 0 saturated heterocycles. The molecular formula is C14H19ClFNO. The molecule has 1 aliphatic rings. The fourth-order valence-electron chi connectivity index (χ4n) is 2.72. The Labute approximate surface area is 112 Å². The van der Waals surface area contributed by atoms with Crippen LogP contribution in [0, 0.1) is 11.7 Å². The summed E-state index contributed by atoms with van der Waals surface area (Å²) in [5, 5.41) is 10.7. The molecule has 1 saturated carbocycles. The van der Waals surface area contributed by atoms with Gasteiger partial charge < -0.3 is 10.8 Å². The Bertz CT molecular complexity index is 407. The van der Waals surface area contributed by atoms with Crippen LogP contribution in [0.25, 0.3) is 0 Å². The average molecular weight is 272 g/mol. The van der Waals surface area contributed by atoms with Crippen LogP contribution in [-0.4, -0.2) is 11.2 Å². The van der Waals surface area contributed by atoms with E-state index in [-0.39, 0.29) is 5.92 Å². The molecule has 100 valence electrons. The Morgan fingerprint density at radius 2 is 1.94 bits per heavy atom. The molecule has 0 aromatic heterocycles. The van der Waals surface area contributed by atoms with Crippen LogP contribution in [0.3, 0.4) is 0 Å². The molecule has 2 atom stereocenters. The summed E-state index contributed by atoms with van der Waals surface area (Å²) in [5.74, 6) is -0.228. The third-order valence-corrected chi connectivity index (χ3v) is 4.05. The molecule has 0 aliphatic heterocycles. The lowest BCUT2D eigenvalue weighted by Gasteiger charge is -2.30. The Morgan fingerprint density at radius 3 is 2.61 bits per heavy atom. The molecule has 0 amide bonds. The zero-order valence-electron chi connectivity index (χ0n) is 10.3. The number of aliphatic hydroxyl groups excluding tert-OH is 1. The van der Waals surface area contributed by atoms with Crippen molar-refractivity contribution in [1.82, 2.24) is 0 Å². The van der Waals surface area contributed by atoms with E-state index in [1.165, 1.54) is 24.6 Å². The van der Waals surface area contributed by atoms with Crippen molar-refractivity contribution in [1.29, 1.82) is 0 Å². The number of halogens is 2. The topological polar surface area (TPSA) is 46.2 Å². The van der Waals surface area contributed by atoms with Crippen LogP contribution in [0.1, 0.15) is 43.7 Å². The Balaban J connectivity index is 2.13. The van der Waals surface area contributed by atoms with Crippen molar-refractivity contribution in [2.45, 2.75) is 44.2 Å². The highest BCUT2D eigenvalue weighted by atomic mass is 35.5. The number of aliphatic hydroxyl groups is 1. The highest BCUT2D eigenvalue weighted by molar-refractivity contribution is 6.30. The highest BCUT2D eigenvalue weighted by Gasteiger charge is 2.29. The van der Waals surface area contributed by atoms with E-state index in [1.807, 2.05) is 0 Å². The van der Waals surface area contributed by atoms with Crippen molar-refractivity contribution in [3.05, 3.63) is 34.6 Å². The molecule has 18 heavy (non-hydrogen) atoms. The first-order chi connectivity index (χ1) is 8.59. The van der Waals surface area contributed by atoms with Crippen molar-refractivity contribution in [2.24, 2.45) is 11.7 Å². The van der Waals surface area contributed by atoms with Gasteiger partial charge in [0.2, 0.25) is 0 Å². The molecule has 4 heteroatoms. The lowest BCUT2D eigenvalue weighted by atomic mass is 9.81. The fraction of sp³-hybridized carbons (Fsp3) is 0.571. The maximum atomic E-state index is 13.7. The second-order valence-electron chi connectivity index (χ2n) is 5.08. The molecule has 0 heterocycles. The summed E-state index contributed by atoms with van der Waals surface area (Å²) in [5.41, 5.74) is 6.30. The minimum absolute atomic E-state index is 0.173. The van der Waals surface area contributed by atoms with Crippen molar-refractivity contribution >= 4 is 11.6 Å². The normalized spacial score (nSPS) is 20.7. The Morgan fingerprint density at radius 1 is 1.28 bits per heavy atom. The van der Waals surface area contributed by atoms with Crippen LogP contribution in [0.2, 0.25) is 5.02 Å². The summed E-state index contributed by atoms with van der Waals surface area (Å²) < 4.78 is 13.7. The van der Waals surface area contributed by atoms with Gasteiger partial charge in [-0.2, -0.15) is 0 Å². The first kappa shape index (κ1) is 13.8. The molecule has 2 nitrogen and oxygen atoms in total. The predicted octanol–water partition coefficient (Wildman–Crippen LogP) is 3.42. The molecule has 0 radical (unpaired) electrons. The molecule has 3 N–H and O–H groups in total. The van der Waals surface area contributed by atoms with Gasteiger partial charge in [0.1, 0.15) is 5.82 Å². The van der Waals surface area contributed by atoms with E-state index < -0.39 is 18.0 Å². The maximum absolute atomic E-state index is 13.7. The first-order valence-corrected chi connectivity index (χ1v) is 6.86. The monoisotopic (exact) mass is 271 g/mol. The standard InChI is InChI=1S/C14H19ClFNO/c15-10-6-7-12(16)11(8-10)13(17)14(18)9-4-2-1-3-5-9/h6-9,13-14,18H,1-5,17H2/t13-,14+/m1/s1. The molecule has 2 rings (SSSR count). The van der Waals surface area contributed by atoms with Gasteiger partial charge in [-0.1, -0.05) is 30.9 Å². The lowest BCUT2D eigenvalue weighted by Crippen LogP contribution is -2.34. The molecule has 1 aromatic rings.